The average Bonchev–Trinajstić information content (AvgIpc) is 2.28. The van der Waals surface area contributed by atoms with Gasteiger partial charge in [0.2, 0.25) is 0 Å². The Labute approximate surface area is 110 Å². The zero-order chi connectivity index (χ0) is 13.1. The molecule has 0 unspecified atom stereocenters. The molecule has 0 radical (unpaired) electrons. The molecule has 0 fully saturated rings. The molecule has 0 aromatic carbocycles. The maximum absolute atomic E-state index is 5.78. The van der Waals surface area contributed by atoms with Crippen LogP contribution < -0.4 is 5.73 Å². The van der Waals surface area contributed by atoms with Crippen molar-refractivity contribution in [3.63, 3.8) is 0 Å². The Morgan fingerprint density at radius 3 is 2.67 bits per heavy atom. The van der Waals surface area contributed by atoms with Gasteiger partial charge in [0.25, 0.3) is 0 Å². The van der Waals surface area contributed by atoms with Crippen molar-refractivity contribution in [2.75, 3.05) is 5.73 Å². The van der Waals surface area contributed by atoms with Crippen LogP contribution in [0.1, 0.15) is 31.3 Å². The van der Waals surface area contributed by atoms with Crippen LogP contribution in [-0.2, 0) is 0 Å². The van der Waals surface area contributed by atoms with Crippen LogP contribution >= 0.6 is 11.8 Å². The summed E-state index contributed by atoms with van der Waals surface area (Å²) in [6.45, 7) is 6.00. The van der Waals surface area contributed by atoms with E-state index in [1.807, 2.05) is 26.8 Å². The van der Waals surface area contributed by atoms with Gasteiger partial charge in [0.05, 0.1) is 0 Å². The average molecular weight is 261 g/mol. The van der Waals surface area contributed by atoms with E-state index in [1.54, 1.807) is 12.3 Å². The van der Waals surface area contributed by atoms with E-state index in [-0.39, 0.29) is 5.92 Å². The largest absolute Gasteiger partial charge is 0.384 e. The number of aromatic nitrogens is 4. The molecular formula is C12H15N5S. The fourth-order valence-corrected chi connectivity index (χ4v) is 2.15. The van der Waals surface area contributed by atoms with Crippen LogP contribution in [0.4, 0.5) is 5.82 Å². The van der Waals surface area contributed by atoms with Gasteiger partial charge in [-0.05, 0) is 24.8 Å². The highest BCUT2D eigenvalue weighted by molar-refractivity contribution is 7.99. The Hall–Kier alpha value is -1.69. The first-order chi connectivity index (χ1) is 8.54. The lowest BCUT2D eigenvalue weighted by atomic mass is 10.2. The predicted octanol–water partition coefficient (Wildman–Crippen LogP) is 2.43. The summed E-state index contributed by atoms with van der Waals surface area (Å²) < 4.78 is 0. The summed E-state index contributed by atoms with van der Waals surface area (Å²) in [5, 5.41) is 1.44. The van der Waals surface area contributed by atoms with E-state index in [0.717, 1.165) is 16.5 Å². The van der Waals surface area contributed by atoms with Crippen molar-refractivity contribution in [2.45, 2.75) is 36.9 Å². The molecule has 0 amide bonds. The zero-order valence-electron chi connectivity index (χ0n) is 10.6. The lowest BCUT2D eigenvalue weighted by molar-refractivity contribution is 0.755. The van der Waals surface area contributed by atoms with Crippen LogP contribution in [0.5, 0.6) is 0 Å². The molecule has 0 spiro atoms. The molecule has 0 aliphatic heterocycles. The number of nitrogen functional groups attached to an aromatic ring is 1. The van der Waals surface area contributed by atoms with Crippen LogP contribution in [0.25, 0.3) is 0 Å². The Morgan fingerprint density at radius 1 is 1.22 bits per heavy atom. The summed E-state index contributed by atoms with van der Waals surface area (Å²) >= 11 is 1.39. The van der Waals surface area contributed by atoms with E-state index < -0.39 is 0 Å². The second kappa shape index (κ2) is 5.30. The molecule has 2 aromatic heterocycles. The molecule has 0 saturated carbocycles. The normalized spacial score (nSPS) is 10.9. The molecule has 0 aliphatic carbocycles. The number of hydrogen-bond acceptors (Lipinski definition) is 6. The van der Waals surface area contributed by atoms with Gasteiger partial charge >= 0.3 is 0 Å². The minimum absolute atomic E-state index is 0.242. The van der Waals surface area contributed by atoms with Gasteiger partial charge in [-0.1, -0.05) is 13.8 Å². The van der Waals surface area contributed by atoms with Crippen molar-refractivity contribution in [3.8, 4) is 0 Å². The number of anilines is 1. The number of nitrogens with zero attached hydrogens (tertiary/aromatic N) is 4. The summed E-state index contributed by atoms with van der Waals surface area (Å²) in [6.07, 6.45) is 1.73. The molecule has 0 bridgehead atoms. The van der Waals surface area contributed by atoms with Gasteiger partial charge in [0.1, 0.15) is 16.7 Å². The molecule has 0 aliphatic rings. The standard InChI is InChI=1S/C12H15N5S/c1-7(2)11-16-9(13)6-10(17-11)18-12-14-5-4-8(3)15-12/h4-7H,1-3H3,(H2,13,16,17). The van der Waals surface area contributed by atoms with Crippen LogP contribution in [0, 0.1) is 6.92 Å². The predicted molar refractivity (Wildman–Crippen MR) is 71.4 cm³/mol. The van der Waals surface area contributed by atoms with E-state index in [0.29, 0.717) is 11.0 Å². The highest BCUT2D eigenvalue weighted by atomic mass is 32.2. The molecule has 2 rings (SSSR count). The molecule has 18 heavy (non-hydrogen) atoms. The zero-order valence-corrected chi connectivity index (χ0v) is 11.4. The lowest BCUT2D eigenvalue weighted by Gasteiger charge is -2.07. The number of aryl methyl sites for hydroxylation is 1. The maximum Gasteiger partial charge on any atom is 0.194 e. The smallest absolute Gasteiger partial charge is 0.194 e. The molecular weight excluding hydrogens is 246 g/mol. The van der Waals surface area contributed by atoms with Gasteiger partial charge < -0.3 is 5.73 Å². The summed E-state index contributed by atoms with van der Waals surface area (Å²) in [7, 11) is 0. The summed E-state index contributed by atoms with van der Waals surface area (Å²) in [5.74, 6) is 1.46. The Balaban J connectivity index is 2.29. The molecule has 2 N–H and O–H groups in total. The van der Waals surface area contributed by atoms with Crippen LogP contribution in [0.3, 0.4) is 0 Å². The minimum Gasteiger partial charge on any atom is -0.384 e. The summed E-state index contributed by atoms with van der Waals surface area (Å²) in [6, 6.07) is 3.60. The topological polar surface area (TPSA) is 77.6 Å². The number of hydrogen-bond donors (Lipinski definition) is 1. The number of nitrogens with two attached hydrogens (primary N) is 1. The van der Waals surface area contributed by atoms with Gasteiger partial charge in [0.15, 0.2) is 5.16 Å². The summed E-state index contributed by atoms with van der Waals surface area (Å²) in [4.78, 5) is 17.2. The molecule has 5 nitrogen and oxygen atoms in total. The number of rotatable bonds is 3. The Bertz CT molecular complexity index is 556. The van der Waals surface area contributed by atoms with Crippen molar-refractivity contribution < 1.29 is 0 Å². The van der Waals surface area contributed by atoms with Gasteiger partial charge in [-0.15, -0.1) is 0 Å². The van der Waals surface area contributed by atoms with Gasteiger partial charge in [0, 0.05) is 23.9 Å². The first-order valence-corrected chi connectivity index (χ1v) is 6.48. The molecule has 0 atom stereocenters. The van der Waals surface area contributed by atoms with E-state index in [9.17, 15) is 0 Å². The molecule has 2 heterocycles. The fourth-order valence-electron chi connectivity index (χ4n) is 1.34. The first kappa shape index (κ1) is 12.8. The van der Waals surface area contributed by atoms with Gasteiger partial charge in [-0.3, -0.25) is 0 Å². The highest BCUT2D eigenvalue weighted by Gasteiger charge is 2.09. The monoisotopic (exact) mass is 261 g/mol. The minimum atomic E-state index is 0.242. The van der Waals surface area contributed by atoms with Gasteiger partial charge in [-0.2, -0.15) is 0 Å². The lowest BCUT2D eigenvalue weighted by Crippen LogP contribution is -2.02. The van der Waals surface area contributed by atoms with Crippen molar-refractivity contribution in [2.24, 2.45) is 0 Å². The third kappa shape index (κ3) is 3.16. The maximum atomic E-state index is 5.78. The Kier molecular flexibility index (Phi) is 3.76. The third-order valence-corrected chi connectivity index (χ3v) is 3.02. The van der Waals surface area contributed by atoms with Crippen LogP contribution in [0.15, 0.2) is 28.5 Å². The highest BCUT2D eigenvalue weighted by Crippen LogP contribution is 2.25. The van der Waals surface area contributed by atoms with Crippen molar-refractivity contribution >= 4 is 17.6 Å². The van der Waals surface area contributed by atoms with E-state index in [2.05, 4.69) is 19.9 Å². The van der Waals surface area contributed by atoms with Gasteiger partial charge in [-0.25, -0.2) is 19.9 Å². The van der Waals surface area contributed by atoms with Crippen LogP contribution in [-0.4, -0.2) is 19.9 Å². The van der Waals surface area contributed by atoms with E-state index in [4.69, 9.17) is 5.73 Å². The third-order valence-electron chi connectivity index (χ3n) is 2.22. The molecule has 6 heteroatoms. The molecule has 2 aromatic rings. The first-order valence-electron chi connectivity index (χ1n) is 5.66. The van der Waals surface area contributed by atoms with E-state index in [1.165, 1.54) is 11.8 Å². The second-order valence-corrected chi connectivity index (χ2v) is 5.21. The molecule has 94 valence electrons. The Morgan fingerprint density at radius 2 is 2.00 bits per heavy atom. The van der Waals surface area contributed by atoms with Crippen molar-refractivity contribution in [1.29, 1.82) is 0 Å². The quantitative estimate of drug-likeness (QED) is 0.675. The second-order valence-electron chi connectivity index (χ2n) is 4.23. The fraction of sp³-hybridized carbons (Fsp3) is 0.333. The van der Waals surface area contributed by atoms with Crippen molar-refractivity contribution in [3.05, 3.63) is 29.8 Å². The van der Waals surface area contributed by atoms with E-state index >= 15 is 0 Å². The van der Waals surface area contributed by atoms with Crippen LogP contribution in [0.2, 0.25) is 0 Å². The molecule has 0 saturated heterocycles. The SMILES string of the molecule is Cc1ccnc(Sc2cc(N)nc(C(C)C)n2)n1. The summed E-state index contributed by atoms with van der Waals surface area (Å²) in [5.41, 5.74) is 6.70. The van der Waals surface area contributed by atoms with Crippen molar-refractivity contribution in [1.82, 2.24) is 19.9 Å².